The van der Waals surface area contributed by atoms with Crippen molar-refractivity contribution in [1.82, 2.24) is 0 Å². The van der Waals surface area contributed by atoms with E-state index < -0.39 is 0 Å². The fourth-order valence-corrected chi connectivity index (χ4v) is 3.09. The van der Waals surface area contributed by atoms with Gasteiger partial charge in [0.05, 0.1) is 0 Å². The molecule has 2 atom stereocenters. The SMILES string of the molecule is CCC1CCCC(C(=O)Cc2ccccc2C)C1. The fourth-order valence-electron chi connectivity index (χ4n) is 3.09. The highest BCUT2D eigenvalue weighted by atomic mass is 16.1. The van der Waals surface area contributed by atoms with Crippen molar-refractivity contribution in [2.24, 2.45) is 11.8 Å². The van der Waals surface area contributed by atoms with Gasteiger partial charge in [0.25, 0.3) is 0 Å². The normalized spacial score (nSPS) is 23.9. The van der Waals surface area contributed by atoms with Gasteiger partial charge in [0, 0.05) is 12.3 Å². The predicted octanol–water partition coefficient (Wildman–Crippen LogP) is 4.32. The van der Waals surface area contributed by atoms with Gasteiger partial charge in [0.1, 0.15) is 5.78 Å². The maximum absolute atomic E-state index is 12.4. The Morgan fingerprint density at radius 3 is 2.78 bits per heavy atom. The molecule has 2 unspecified atom stereocenters. The van der Waals surface area contributed by atoms with Crippen molar-refractivity contribution in [3.63, 3.8) is 0 Å². The van der Waals surface area contributed by atoms with Gasteiger partial charge in [-0.15, -0.1) is 0 Å². The Hall–Kier alpha value is -1.11. The number of carbonyl (C=O) groups excluding carboxylic acids is 1. The Labute approximate surface area is 111 Å². The van der Waals surface area contributed by atoms with E-state index in [4.69, 9.17) is 0 Å². The largest absolute Gasteiger partial charge is 0.299 e. The Morgan fingerprint density at radius 2 is 2.06 bits per heavy atom. The van der Waals surface area contributed by atoms with Crippen LogP contribution >= 0.6 is 0 Å². The molecule has 0 amide bonds. The lowest BCUT2D eigenvalue weighted by Gasteiger charge is -2.27. The topological polar surface area (TPSA) is 17.1 Å². The van der Waals surface area contributed by atoms with E-state index in [1.165, 1.54) is 30.4 Å². The summed E-state index contributed by atoms with van der Waals surface area (Å²) in [5.41, 5.74) is 2.45. The molecule has 0 heterocycles. The van der Waals surface area contributed by atoms with Gasteiger partial charge in [-0.25, -0.2) is 0 Å². The van der Waals surface area contributed by atoms with E-state index in [0.717, 1.165) is 18.8 Å². The molecule has 0 aliphatic heterocycles. The summed E-state index contributed by atoms with van der Waals surface area (Å²) < 4.78 is 0. The Bertz CT molecular complexity index is 408. The second-order valence-electron chi connectivity index (χ2n) is 5.71. The third kappa shape index (κ3) is 3.22. The molecule has 0 bridgehead atoms. The molecule has 1 heteroatoms. The highest BCUT2D eigenvalue weighted by molar-refractivity contribution is 5.83. The summed E-state index contributed by atoms with van der Waals surface area (Å²) in [6, 6.07) is 8.26. The van der Waals surface area contributed by atoms with E-state index >= 15 is 0 Å². The summed E-state index contributed by atoms with van der Waals surface area (Å²) in [6.45, 7) is 4.34. The van der Waals surface area contributed by atoms with Crippen LogP contribution in [-0.4, -0.2) is 5.78 Å². The summed E-state index contributed by atoms with van der Waals surface area (Å²) in [5, 5.41) is 0. The van der Waals surface area contributed by atoms with E-state index in [-0.39, 0.29) is 0 Å². The quantitative estimate of drug-likeness (QED) is 0.770. The lowest BCUT2D eigenvalue weighted by molar-refractivity contribution is -0.123. The van der Waals surface area contributed by atoms with Crippen molar-refractivity contribution in [2.75, 3.05) is 0 Å². The van der Waals surface area contributed by atoms with Crippen LogP contribution in [-0.2, 0) is 11.2 Å². The number of ketones is 1. The van der Waals surface area contributed by atoms with Crippen LogP contribution in [0.1, 0.15) is 50.2 Å². The number of benzene rings is 1. The van der Waals surface area contributed by atoms with Crippen LogP contribution in [0.5, 0.6) is 0 Å². The van der Waals surface area contributed by atoms with Gasteiger partial charge < -0.3 is 0 Å². The zero-order chi connectivity index (χ0) is 13.0. The molecule has 1 fully saturated rings. The molecule has 2 rings (SSSR count). The fraction of sp³-hybridized carbons (Fsp3) is 0.588. The molecule has 0 N–H and O–H groups in total. The molecule has 0 radical (unpaired) electrons. The third-order valence-electron chi connectivity index (χ3n) is 4.44. The molecule has 18 heavy (non-hydrogen) atoms. The van der Waals surface area contributed by atoms with Gasteiger partial charge in [-0.1, -0.05) is 50.5 Å². The van der Waals surface area contributed by atoms with Crippen LogP contribution < -0.4 is 0 Å². The molecule has 1 aromatic rings. The lowest BCUT2D eigenvalue weighted by atomic mass is 9.77. The monoisotopic (exact) mass is 244 g/mol. The van der Waals surface area contributed by atoms with Gasteiger partial charge in [-0.2, -0.15) is 0 Å². The number of hydrogen-bond acceptors (Lipinski definition) is 1. The molecule has 0 saturated heterocycles. The number of aryl methyl sites for hydroxylation is 1. The van der Waals surface area contributed by atoms with Crippen LogP contribution in [0.4, 0.5) is 0 Å². The molecule has 1 aromatic carbocycles. The first-order valence-corrected chi connectivity index (χ1v) is 7.28. The smallest absolute Gasteiger partial charge is 0.140 e. The number of carbonyl (C=O) groups is 1. The summed E-state index contributed by atoms with van der Waals surface area (Å²) in [6.07, 6.45) is 6.66. The van der Waals surface area contributed by atoms with E-state index in [0.29, 0.717) is 18.1 Å². The second-order valence-corrected chi connectivity index (χ2v) is 5.71. The predicted molar refractivity (Wildman–Crippen MR) is 75.6 cm³/mol. The minimum atomic E-state index is 0.323. The highest BCUT2D eigenvalue weighted by Gasteiger charge is 2.26. The first-order chi connectivity index (χ1) is 8.70. The van der Waals surface area contributed by atoms with Crippen molar-refractivity contribution in [1.29, 1.82) is 0 Å². The first kappa shape index (κ1) is 13.3. The average Bonchev–Trinajstić information content (AvgIpc) is 2.41. The van der Waals surface area contributed by atoms with Crippen molar-refractivity contribution in [3.8, 4) is 0 Å². The zero-order valence-electron chi connectivity index (χ0n) is 11.6. The number of Topliss-reactive ketones (excluding diaryl/α,β-unsaturated/α-hetero) is 1. The van der Waals surface area contributed by atoms with Crippen LogP contribution in [0.25, 0.3) is 0 Å². The van der Waals surface area contributed by atoms with Gasteiger partial charge in [0.2, 0.25) is 0 Å². The Balaban J connectivity index is 1.97. The standard InChI is InChI=1S/C17H24O/c1-3-14-8-6-10-16(11-14)17(18)12-15-9-5-4-7-13(15)2/h4-5,7,9,14,16H,3,6,8,10-12H2,1-2H3. The van der Waals surface area contributed by atoms with Crippen molar-refractivity contribution >= 4 is 5.78 Å². The molecule has 1 nitrogen and oxygen atoms in total. The van der Waals surface area contributed by atoms with Gasteiger partial charge in [-0.05, 0) is 36.8 Å². The zero-order valence-corrected chi connectivity index (χ0v) is 11.6. The van der Waals surface area contributed by atoms with E-state index in [9.17, 15) is 4.79 Å². The molecule has 1 aliphatic carbocycles. The van der Waals surface area contributed by atoms with E-state index in [1.807, 2.05) is 12.1 Å². The lowest BCUT2D eigenvalue weighted by Crippen LogP contribution is -2.24. The van der Waals surface area contributed by atoms with Crippen molar-refractivity contribution in [2.45, 2.75) is 52.4 Å². The van der Waals surface area contributed by atoms with Gasteiger partial charge >= 0.3 is 0 Å². The van der Waals surface area contributed by atoms with E-state index in [1.54, 1.807) is 0 Å². The first-order valence-electron chi connectivity index (χ1n) is 7.28. The minimum Gasteiger partial charge on any atom is -0.299 e. The number of hydrogen-bond donors (Lipinski definition) is 0. The van der Waals surface area contributed by atoms with Crippen LogP contribution in [0.2, 0.25) is 0 Å². The van der Waals surface area contributed by atoms with Gasteiger partial charge in [0.15, 0.2) is 0 Å². The molecule has 1 aliphatic rings. The number of rotatable bonds is 4. The third-order valence-corrected chi connectivity index (χ3v) is 4.44. The van der Waals surface area contributed by atoms with Crippen molar-refractivity contribution < 1.29 is 4.79 Å². The van der Waals surface area contributed by atoms with Gasteiger partial charge in [-0.3, -0.25) is 4.79 Å². The molecule has 0 aromatic heterocycles. The van der Waals surface area contributed by atoms with Crippen LogP contribution in [0.3, 0.4) is 0 Å². The second kappa shape index (κ2) is 6.17. The van der Waals surface area contributed by atoms with Crippen LogP contribution in [0, 0.1) is 18.8 Å². The molecule has 98 valence electrons. The molecular weight excluding hydrogens is 220 g/mol. The minimum absolute atomic E-state index is 0.323. The molecule has 1 saturated carbocycles. The van der Waals surface area contributed by atoms with Crippen molar-refractivity contribution in [3.05, 3.63) is 35.4 Å². The maximum Gasteiger partial charge on any atom is 0.140 e. The van der Waals surface area contributed by atoms with E-state index in [2.05, 4.69) is 26.0 Å². The summed E-state index contributed by atoms with van der Waals surface area (Å²) in [7, 11) is 0. The Kier molecular flexibility index (Phi) is 4.57. The molecular formula is C17H24O. The summed E-state index contributed by atoms with van der Waals surface area (Å²) >= 11 is 0. The highest BCUT2D eigenvalue weighted by Crippen LogP contribution is 2.32. The summed E-state index contributed by atoms with van der Waals surface area (Å²) in [5.74, 6) is 1.57. The maximum atomic E-state index is 12.4. The summed E-state index contributed by atoms with van der Waals surface area (Å²) in [4.78, 5) is 12.4. The average molecular weight is 244 g/mol. The Morgan fingerprint density at radius 1 is 1.28 bits per heavy atom. The molecule has 0 spiro atoms. The van der Waals surface area contributed by atoms with Crippen LogP contribution in [0.15, 0.2) is 24.3 Å².